The molecule has 0 atom stereocenters. The predicted octanol–water partition coefficient (Wildman–Crippen LogP) is 2.87. The van der Waals surface area contributed by atoms with Crippen LogP contribution in [0.1, 0.15) is 0 Å². The zero-order chi connectivity index (χ0) is 10.1. The molecule has 2 aromatic rings. The lowest BCUT2D eigenvalue weighted by Gasteiger charge is -1.99. The molecular formula is C9H8Cl2FN3. The molecule has 1 heterocycles. The van der Waals surface area contributed by atoms with Crippen molar-refractivity contribution in [2.24, 2.45) is 0 Å². The molecule has 0 saturated heterocycles. The van der Waals surface area contributed by atoms with Crippen molar-refractivity contribution >= 4 is 29.8 Å². The van der Waals surface area contributed by atoms with Crippen molar-refractivity contribution in [2.75, 3.05) is 5.73 Å². The van der Waals surface area contributed by atoms with Crippen LogP contribution in [0.25, 0.3) is 11.3 Å². The molecule has 3 nitrogen and oxygen atoms in total. The molecule has 0 bridgehead atoms. The molecule has 80 valence electrons. The van der Waals surface area contributed by atoms with Gasteiger partial charge in [-0.1, -0.05) is 11.6 Å². The highest BCUT2D eigenvalue weighted by Gasteiger charge is 2.07. The predicted molar refractivity (Wildman–Crippen MR) is 60.7 cm³/mol. The lowest BCUT2D eigenvalue weighted by Crippen LogP contribution is -1.84. The number of anilines is 1. The molecule has 0 fully saturated rings. The molecule has 1 aromatic carbocycles. The summed E-state index contributed by atoms with van der Waals surface area (Å²) in [4.78, 5) is 0. The number of aromatic nitrogens is 2. The Morgan fingerprint density at radius 2 is 2.07 bits per heavy atom. The van der Waals surface area contributed by atoms with Gasteiger partial charge < -0.3 is 5.73 Å². The van der Waals surface area contributed by atoms with E-state index in [1.165, 1.54) is 6.07 Å². The molecule has 0 spiro atoms. The van der Waals surface area contributed by atoms with Crippen molar-refractivity contribution in [1.29, 1.82) is 0 Å². The van der Waals surface area contributed by atoms with Gasteiger partial charge in [0.05, 0.1) is 5.69 Å². The van der Waals surface area contributed by atoms with E-state index >= 15 is 0 Å². The third-order valence-electron chi connectivity index (χ3n) is 1.82. The third kappa shape index (κ3) is 2.40. The highest BCUT2D eigenvalue weighted by molar-refractivity contribution is 6.30. The highest BCUT2D eigenvalue weighted by Crippen LogP contribution is 2.24. The van der Waals surface area contributed by atoms with E-state index in [1.807, 2.05) is 0 Å². The number of rotatable bonds is 1. The van der Waals surface area contributed by atoms with Gasteiger partial charge in [0, 0.05) is 16.7 Å². The number of aromatic amines is 1. The standard InChI is InChI=1S/C9H7ClFN3.ClH/c10-5-1-2-6(7(11)3-5)8-4-9(12)14-13-8;/h1-4H,(H3,12,13,14);1H. The molecule has 0 amide bonds. The van der Waals surface area contributed by atoms with Gasteiger partial charge in [-0.2, -0.15) is 5.10 Å². The van der Waals surface area contributed by atoms with Crippen LogP contribution in [0.2, 0.25) is 5.02 Å². The molecule has 6 heteroatoms. The van der Waals surface area contributed by atoms with Crippen LogP contribution < -0.4 is 5.73 Å². The Bertz CT molecular complexity index is 470. The average molecular weight is 248 g/mol. The van der Waals surface area contributed by atoms with Gasteiger partial charge in [-0.15, -0.1) is 12.4 Å². The van der Waals surface area contributed by atoms with E-state index in [-0.39, 0.29) is 12.4 Å². The lowest BCUT2D eigenvalue weighted by atomic mass is 10.1. The molecule has 0 aliphatic heterocycles. The van der Waals surface area contributed by atoms with E-state index in [4.69, 9.17) is 17.3 Å². The minimum absolute atomic E-state index is 0. The van der Waals surface area contributed by atoms with Gasteiger partial charge in [-0.05, 0) is 18.2 Å². The number of H-pyrrole nitrogens is 1. The summed E-state index contributed by atoms with van der Waals surface area (Å²) in [5.41, 5.74) is 6.35. The fourth-order valence-electron chi connectivity index (χ4n) is 1.18. The highest BCUT2D eigenvalue weighted by atomic mass is 35.5. The molecule has 0 saturated carbocycles. The number of halogens is 3. The number of hydrogen-bond acceptors (Lipinski definition) is 2. The van der Waals surface area contributed by atoms with Crippen LogP contribution in [-0.4, -0.2) is 10.2 Å². The monoisotopic (exact) mass is 247 g/mol. The Kier molecular flexibility index (Phi) is 3.55. The second-order valence-electron chi connectivity index (χ2n) is 2.83. The average Bonchev–Trinajstić information content (AvgIpc) is 2.51. The molecule has 0 aliphatic carbocycles. The Hall–Kier alpha value is -1.26. The molecule has 0 aliphatic rings. The summed E-state index contributed by atoms with van der Waals surface area (Å²) in [5.74, 6) is -0.0736. The summed E-state index contributed by atoms with van der Waals surface area (Å²) in [6.07, 6.45) is 0. The third-order valence-corrected chi connectivity index (χ3v) is 2.05. The van der Waals surface area contributed by atoms with E-state index in [2.05, 4.69) is 10.2 Å². The van der Waals surface area contributed by atoms with E-state index < -0.39 is 5.82 Å². The topological polar surface area (TPSA) is 54.7 Å². The molecule has 0 radical (unpaired) electrons. The van der Waals surface area contributed by atoms with E-state index in [9.17, 15) is 4.39 Å². The zero-order valence-electron chi connectivity index (χ0n) is 7.50. The van der Waals surface area contributed by atoms with Crippen molar-refractivity contribution in [3.8, 4) is 11.3 Å². The number of nitrogen functional groups attached to an aromatic ring is 1. The van der Waals surface area contributed by atoms with Crippen LogP contribution in [-0.2, 0) is 0 Å². The van der Waals surface area contributed by atoms with Gasteiger partial charge in [0.2, 0.25) is 0 Å². The summed E-state index contributed by atoms with van der Waals surface area (Å²) in [5, 5.41) is 6.69. The van der Waals surface area contributed by atoms with Gasteiger partial charge in [0.25, 0.3) is 0 Å². The van der Waals surface area contributed by atoms with Crippen LogP contribution in [0.15, 0.2) is 24.3 Å². The maximum atomic E-state index is 13.4. The van der Waals surface area contributed by atoms with Crippen molar-refractivity contribution in [2.45, 2.75) is 0 Å². The fourth-order valence-corrected chi connectivity index (χ4v) is 1.34. The first-order valence-corrected chi connectivity index (χ1v) is 4.31. The first kappa shape index (κ1) is 11.8. The summed E-state index contributed by atoms with van der Waals surface area (Å²) < 4.78 is 13.4. The Morgan fingerprint density at radius 1 is 1.33 bits per heavy atom. The number of nitrogens with two attached hydrogens (primary N) is 1. The first-order valence-electron chi connectivity index (χ1n) is 3.93. The fraction of sp³-hybridized carbons (Fsp3) is 0. The van der Waals surface area contributed by atoms with Crippen LogP contribution in [0, 0.1) is 5.82 Å². The quantitative estimate of drug-likeness (QED) is 0.815. The summed E-state index contributed by atoms with van der Waals surface area (Å²) >= 11 is 5.62. The number of nitrogens with zero attached hydrogens (tertiary/aromatic N) is 1. The lowest BCUT2D eigenvalue weighted by molar-refractivity contribution is 0.630. The van der Waals surface area contributed by atoms with Crippen molar-refractivity contribution in [3.05, 3.63) is 35.1 Å². The van der Waals surface area contributed by atoms with Crippen molar-refractivity contribution < 1.29 is 4.39 Å². The van der Waals surface area contributed by atoms with Crippen LogP contribution in [0.5, 0.6) is 0 Å². The Balaban J connectivity index is 0.00000112. The van der Waals surface area contributed by atoms with E-state index in [0.29, 0.717) is 22.1 Å². The van der Waals surface area contributed by atoms with Crippen molar-refractivity contribution in [3.63, 3.8) is 0 Å². The van der Waals surface area contributed by atoms with Gasteiger partial charge in [-0.3, -0.25) is 5.10 Å². The Labute approximate surface area is 96.8 Å². The summed E-state index contributed by atoms with van der Waals surface area (Å²) in [6.45, 7) is 0. The number of nitrogens with one attached hydrogen (secondary N) is 1. The second-order valence-corrected chi connectivity index (χ2v) is 3.27. The normalized spacial score (nSPS) is 9.73. The van der Waals surface area contributed by atoms with E-state index in [0.717, 1.165) is 0 Å². The summed E-state index contributed by atoms with van der Waals surface area (Å²) in [7, 11) is 0. The smallest absolute Gasteiger partial charge is 0.145 e. The zero-order valence-corrected chi connectivity index (χ0v) is 9.07. The number of benzene rings is 1. The largest absolute Gasteiger partial charge is 0.382 e. The summed E-state index contributed by atoms with van der Waals surface area (Å²) in [6, 6.07) is 5.99. The maximum absolute atomic E-state index is 13.4. The van der Waals surface area contributed by atoms with Crippen molar-refractivity contribution in [1.82, 2.24) is 10.2 Å². The minimum Gasteiger partial charge on any atom is -0.382 e. The Morgan fingerprint density at radius 3 is 2.60 bits per heavy atom. The maximum Gasteiger partial charge on any atom is 0.145 e. The van der Waals surface area contributed by atoms with E-state index in [1.54, 1.807) is 18.2 Å². The molecular weight excluding hydrogens is 240 g/mol. The molecule has 3 N–H and O–H groups in total. The van der Waals surface area contributed by atoms with Crippen LogP contribution in [0.3, 0.4) is 0 Å². The molecule has 15 heavy (non-hydrogen) atoms. The molecule has 1 aromatic heterocycles. The van der Waals surface area contributed by atoms with Crippen LogP contribution >= 0.6 is 24.0 Å². The van der Waals surface area contributed by atoms with Gasteiger partial charge in [-0.25, -0.2) is 4.39 Å². The van der Waals surface area contributed by atoms with Gasteiger partial charge in [0.15, 0.2) is 0 Å². The molecule has 2 rings (SSSR count). The second kappa shape index (κ2) is 4.51. The molecule has 0 unspecified atom stereocenters. The SMILES string of the molecule is Cl.Nc1cc(-c2ccc(Cl)cc2F)[nH]n1. The number of hydrogen-bond donors (Lipinski definition) is 2. The van der Waals surface area contributed by atoms with Gasteiger partial charge in [0.1, 0.15) is 11.6 Å². The van der Waals surface area contributed by atoms with Crippen LogP contribution in [0.4, 0.5) is 10.2 Å². The van der Waals surface area contributed by atoms with Gasteiger partial charge >= 0.3 is 0 Å². The minimum atomic E-state index is -0.402. The first-order chi connectivity index (χ1) is 6.66.